The lowest BCUT2D eigenvalue weighted by molar-refractivity contribution is 0.203. The van der Waals surface area contributed by atoms with Crippen molar-refractivity contribution in [2.45, 2.75) is 44.8 Å². The highest BCUT2D eigenvalue weighted by Gasteiger charge is 2.50. The molecule has 3 aliphatic rings. The third-order valence-electron chi connectivity index (χ3n) is 5.45. The van der Waals surface area contributed by atoms with E-state index in [4.69, 9.17) is 4.74 Å². The molecule has 0 amide bonds. The Kier molecular flexibility index (Phi) is 4.44. The molecule has 3 rings (SSSR count). The molecule has 5 heteroatoms. The number of sulfonamides is 1. The summed E-state index contributed by atoms with van der Waals surface area (Å²) in [5.41, 5.74) is 1.35. The Balaban J connectivity index is 1.54. The van der Waals surface area contributed by atoms with Gasteiger partial charge in [-0.25, -0.2) is 12.7 Å². The van der Waals surface area contributed by atoms with Gasteiger partial charge in [-0.05, 0) is 42.6 Å². The van der Waals surface area contributed by atoms with E-state index in [1.807, 2.05) is 0 Å². The average molecular weight is 313 g/mol. The first kappa shape index (κ1) is 15.5. The van der Waals surface area contributed by atoms with Crippen LogP contribution in [0, 0.1) is 17.8 Å². The van der Waals surface area contributed by atoms with Gasteiger partial charge in [-0.2, -0.15) is 0 Å². The van der Waals surface area contributed by atoms with Gasteiger partial charge in [0.1, 0.15) is 0 Å². The number of nitrogens with zero attached hydrogens (tertiary/aromatic N) is 1. The van der Waals surface area contributed by atoms with E-state index >= 15 is 0 Å². The van der Waals surface area contributed by atoms with Crippen LogP contribution in [0.15, 0.2) is 11.6 Å². The fraction of sp³-hybridized carbons (Fsp3) is 0.875. The second-order valence-corrected chi connectivity index (χ2v) is 9.08. The van der Waals surface area contributed by atoms with E-state index in [9.17, 15) is 8.42 Å². The molecular weight excluding hydrogens is 286 g/mol. The molecule has 0 aromatic heterocycles. The first-order valence-corrected chi connectivity index (χ1v) is 9.78. The average Bonchev–Trinajstić information content (AvgIpc) is 2.93. The maximum absolute atomic E-state index is 12.7. The van der Waals surface area contributed by atoms with Crippen molar-refractivity contribution < 1.29 is 13.2 Å². The van der Waals surface area contributed by atoms with Crippen LogP contribution in [0.2, 0.25) is 0 Å². The van der Waals surface area contributed by atoms with Crippen molar-refractivity contribution in [3.63, 3.8) is 0 Å². The van der Waals surface area contributed by atoms with Crippen molar-refractivity contribution >= 4 is 10.0 Å². The Morgan fingerprint density at radius 3 is 2.90 bits per heavy atom. The number of hydrogen-bond acceptors (Lipinski definition) is 3. The lowest BCUT2D eigenvalue weighted by atomic mass is 9.96. The SMILES string of the molecule is CCC1CCN(S(=O)(=O)C2CC2CC(C)C2=CCOC2)C1. The smallest absolute Gasteiger partial charge is 0.217 e. The zero-order valence-electron chi connectivity index (χ0n) is 13.1. The molecule has 4 atom stereocenters. The summed E-state index contributed by atoms with van der Waals surface area (Å²) < 4.78 is 32.4. The van der Waals surface area contributed by atoms with Crippen molar-refractivity contribution in [3.8, 4) is 0 Å². The van der Waals surface area contributed by atoms with Gasteiger partial charge in [0.15, 0.2) is 0 Å². The van der Waals surface area contributed by atoms with Crippen LogP contribution in [0.25, 0.3) is 0 Å². The van der Waals surface area contributed by atoms with E-state index in [0.717, 1.165) is 52.0 Å². The number of hydrogen-bond donors (Lipinski definition) is 0. The predicted octanol–water partition coefficient (Wildman–Crippen LogP) is 2.42. The van der Waals surface area contributed by atoms with E-state index < -0.39 is 10.0 Å². The van der Waals surface area contributed by atoms with Gasteiger partial charge in [0, 0.05) is 13.1 Å². The number of rotatable bonds is 6. The quantitative estimate of drug-likeness (QED) is 0.708. The topological polar surface area (TPSA) is 46.6 Å². The normalized spacial score (nSPS) is 35.0. The Labute approximate surface area is 128 Å². The summed E-state index contributed by atoms with van der Waals surface area (Å²) in [6.07, 6.45) is 6.13. The monoisotopic (exact) mass is 313 g/mol. The van der Waals surface area contributed by atoms with E-state index in [0.29, 0.717) is 17.8 Å². The summed E-state index contributed by atoms with van der Waals surface area (Å²) in [6, 6.07) is 0. The molecule has 4 nitrogen and oxygen atoms in total. The van der Waals surface area contributed by atoms with Gasteiger partial charge in [-0.15, -0.1) is 0 Å². The molecule has 120 valence electrons. The minimum Gasteiger partial charge on any atom is -0.373 e. The predicted molar refractivity (Wildman–Crippen MR) is 83.5 cm³/mol. The standard InChI is InChI=1S/C16H27NO3S/c1-3-13-4-6-17(10-13)21(18,19)16-9-15(16)8-12(2)14-5-7-20-11-14/h5,12-13,15-16H,3-4,6-11H2,1-2H3. The van der Waals surface area contributed by atoms with Gasteiger partial charge in [-0.1, -0.05) is 26.3 Å². The zero-order valence-corrected chi connectivity index (χ0v) is 13.9. The van der Waals surface area contributed by atoms with Crippen molar-refractivity contribution in [1.29, 1.82) is 0 Å². The van der Waals surface area contributed by atoms with Gasteiger partial charge in [0.2, 0.25) is 10.0 Å². The molecule has 1 saturated heterocycles. The summed E-state index contributed by atoms with van der Waals surface area (Å²) in [6.45, 7) is 7.29. The van der Waals surface area contributed by atoms with Crippen LogP contribution in [-0.2, 0) is 14.8 Å². The van der Waals surface area contributed by atoms with Gasteiger partial charge in [0.05, 0.1) is 18.5 Å². The van der Waals surface area contributed by atoms with Crippen LogP contribution in [0.5, 0.6) is 0 Å². The molecule has 2 fully saturated rings. The van der Waals surface area contributed by atoms with Crippen molar-refractivity contribution in [2.75, 3.05) is 26.3 Å². The molecule has 1 saturated carbocycles. The molecule has 0 spiro atoms. The fourth-order valence-corrected chi connectivity index (χ4v) is 5.99. The second kappa shape index (κ2) is 6.01. The fourth-order valence-electron chi connectivity index (χ4n) is 3.74. The molecule has 2 aliphatic heterocycles. The maximum Gasteiger partial charge on any atom is 0.217 e. The molecule has 0 N–H and O–H groups in total. The molecule has 21 heavy (non-hydrogen) atoms. The summed E-state index contributed by atoms with van der Waals surface area (Å²) >= 11 is 0. The summed E-state index contributed by atoms with van der Waals surface area (Å²) in [5.74, 6) is 1.38. The minimum absolute atomic E-state index is 0.113. The summed E-state index contributed by atoms with van der Waals surface area (Å²) in [4.78, 5) is 0. The third-order valence-corrected chi connectivity index (χ3v) is 7.84. The minimum atomic E-state index is -3.04. The first-order chi connectivity index (χ1) is 10.0. The van der Waals surface area contributed by atoms with Crippen molar-refractivity contribution in [2.24, 2.45) is 17.8 Å². The first-order valence-electron chi connectivity index (χ1n) is 8.28. The largest absolute Gasteiger partial charge is 0.373 e. The van der Waals surface area contributed by atoms with Crippen molar-refractivity contribution in [1.82, 2.24) is 4.31 Å². The van der Waals surface area contributed by atoms with E-state index in [1.165, 1.54) is 5.57 Å². The highest BCUT2D eigenvalue weighted by molar-refractivity contribution is 7.90. The molecular formula is C16H27NO3S. The van der Waals surface area contributed by atoms with Crippen LogP contribution in [0.3, 0.4) is 0 Å². The number of ether oxygens (including phenoxy) is 1. The van der Waals surface area contributed by atoms with E-state index in [2.05, 4.69) is 19.9 Å². The highest BCUT2D eigenvalue weighted by Crippen LogP contribution is 2.45. The van der Waals surface area contributed by atoms with Crippen LogP contribution in [0.1, 0.15) is 39.5 Å². The second-order valence-electron chi connectivity index (χ2n) is 6.93. The van der Waals surface area contributed by atoms with Crippen molar-refractivity contribution in [3.05, 3.63) is 11.6 Å². The lowest BCUT2D eigenvalue weighted by Gasteiger charge is -2.17. The van der Waals surface area contributed by atoms with Crippen LogP contribution in [0.4, 0.5) is 0 Å². The lowest BCUT2D eigenvalue weighted by Crippen LogP contribution is -2.32. The molecule has 0 aromatic carbocycles. The van der Waals surface area contributed by atoms with Crippen LogP contribution < -0.4 is 0 Å². The van der Waals surface area contributed by atoms with E-state index in [1.54, 1.807) is 4.31 Å². The molecule has 0 bridgehead atoms. The van der Waals surface area contributed by atoms with E-state index in [-0.39, 0.29) is 5.25 Å². The van der Waals surface area contributed by atoms with Crippen LogP contribution >= 0.6 is 0 Å². The molecule has 4 unspecified atom stereocenters. The molecule has 2 heterocycles. The van der Waals surface area contributed by atoms with Gasteiger partial charge in [-0.3, -0.25) is 0 Å². The third kappa shape index (κ3) is 3.20. The highest BCUT2D eigenvalue weighted by atomic mass is 32.2. The van der Waals surface area contributed by atoms with Crippen LogP contribution in [-0.4, -0.2) is 44.3 Å². The van der Waals surface area contributed by atoms with Gasteiger partial charge >= 0.3 is 0 Å². The molecule has 0 radical (unpaired) electrons. The Morgan fingerprint density at radius 1 is 1.48 bits per heavy atom. The Morgan fingerprint density at radius 2 is 2.29 bits per heavy atom. The molecule has 0 aromatic rings. The van der Waals surface area contributed by atoms with Gasteiger partial charge < -0.3 is 4.74 Å². The summed E-state index contributed by atoms with van der Waals surface area (Å²) in [7, 11) is -3.04. The Bertz CT molecular complexity index is 514. The van der Waals surface area contributed by atoms with Gasteiger partial charge in [0.25, 0.3) is 0 Å². The maximum atomic E-state index is 12.7. The Hall–Kier alpha value is -0.390. The molecule has 1 aliphatic carbocycles. The summed E-state index contributed by atoms with van der Waals surface area (Å²) in [5, 5.41) is -0.113. The zero-order chi connectivity index (χ0) is 15.0.